The number of carbonyl (C=O) groups is 2. The molecule has 1 spiro atoms. The van der Waals surface area contributed by atoms with Crippen LogP contribution in [-0.4, -0.2) is 54.8 Å². The molecule has 0 aromatic heterocycles. The number of hydrogen-bond donors (Lipinski definition) is 1. The van der Waals surface area contributed by atoms with Gasteiger partial charge in [0.05, 0.1) is 12.6 Å². The van der Waals surface area contributed by atoms with Crippen LogP contribution in [0.25, 0.3) is 0 Å². The summed E-state index contributed by atoms with van der Waals surface area (Å²) in [7, 11) is 1.91. The molecule has 148 valence electrons. The highest BCUT2D eigenvalue weighted by molar-refractivity contribution is 5.78. The Kier molecular flexibility index (Phi) is 5.89. The lowest BCUT2D eigenvalue weighted by Crippen LogP contribution is -2.51. The molecule has 0 bridgehead atoms. The summed E-state index contributed by atoms with van der Waals surface area (Å²) in [5, 5.41) is 3.16. The van der Waals surface area contributed by atoms with E-state index in [9.17, 15) is 9.59 Å². The van der Waals surface area contributed by atoms with Gasteiger partial charge in [-0.2, -0.15) is 0 Å². The summed E-state index contributed by atoms with van der Waals surface area (Å²) in [6.07, 6.45) is 3.82. The van der Waals surface area contributed by atoms with E-state index in [2.05, 4.69) is 49.2 Å². The van der Waals surface area contributed by atoms with Gasteiger partial charge in [-0.15, -0.1) is 0 Å². The molecule has 0 saturated carbocycles. The van der Waals surface area contributed by atoms with Crippen LogP contribution in [-0.2, 0) is 9.59 Å². The van der Waals surface area contributed by atoms with Gasteiger partial charge < -0.3 is 10.2 Å². The maximum absolute atomic E-state index is 12.5. The molecule has 3 rings (SSSR count). The monoisotopic (exact) mass is 371 g/mol. The number of rotatable bonds is 4. The second kappa shape index (κ2) is 8.01. The molecule has 2 fully saturated rings. The summed E-state index contributed by atoms with van der Waals surface area (Å²) in [5.74, 6) is 0.359. The Morgan fingerprint density at radius 1 is 1.22 bits per heavy atom. The highest BCUT2D eigenvalue weighted by Crippen LogP contribution is 2.39. The van der Waals surface area contributed by atoms with E-state index < -0.39 is 0 Å². The Labute approximate surface area is 163 Å². The number of nitrogens with zero attached hydrogens (tertiary/aromatic N) is 2. The van der Waals surface area contributed by atoms with Crippen molar-refractivity contribution in [2.75, 3.05) is 33.2 Å². The van der Waals surface area contributed by atoms with Crippen molar-refractivity contribution in [2.24, 2.45) is 5.41 Å². The van der Waals surface area contributed by atoms with Crippen LogP contribution in [0.4, 0.5) is 0 Å². The van der Waals surface area contributed by atoms with Crippen LogP contribution >= 0.6 is 0 Å². The summed E-state index contributed by atoms with van der Waals surface area (Å²) in [6, 6.07) is 6.40. The van der Waals surface area contributed by atoms with E-state index in [1.165, 1.54) is 16.7 Å². The Morgan fingerprint density at radius 2 is 1.93 bits per heavy atom. The third-order valence-corrected chi connectivity index (χ3v) is 6.43. The van der Waals surface area contributed by atoms with Gasteiger partial charge in [-0.25, -0.2) is 0 Å². The summed E-state index contributed by atoms with van der Waals surface area (Å²) in [4.78, 5) is 28.4. The van der Waals surface area contributed by atoms with Gasteiger partial charge in [0, 0.05) is 20.0 Å². The lowest BCUT2D eigenvalue weighted by atomic mass is 9.72. The van der Waals surface area contributed by atoms with Crippen LogP contribution in [0.2, 0.25) is 0 Å². The molecular weight excluding hydrogens is 338 g/mol. The minimum absolute atomic E-state index is 0.0199. The Hall–Kier alpha value is -1.88. The maximum Gasteiger partial charge on any atom is 0.234 e. The van der Waals surface area contributed by atoms with Crippen LogP contribution in [0.5, 0.6) is 0 Å². The highest BCUT2D eigenvalue weighted by atomic mass is 16.2. The van der Waals surface area contributed by atoms with Crippen molar-refractivity contribution in [1.82, 2.24) is 15.1 Å². The Balaban J connectivity index is 1.49. The van der Waals surface area contributed by atoms with Crippen molar-refractivity contribution in [1.29, 1.82) is 0 Å². The molecule has 0 aliphatic carbocycles. The van der Waals surface area contributed by atoms with Gasteiger partial charge in [0.2, 0.25) is 11.8 Å². The number of likely N-dealkylation sites (tertiary alicyclic amines) is 2. The molecule has 1 aromatic carbocycles. The summed E-state index contributed by atoms with van der Waals surface area (Å²) < 4.78 is 0. The first-order chi connectivity index (χ1) is 12.8. The minimum atomic E-state index is 0.0199. The van der Waals surface area contributed by atoms with Crippen molar-refractivity contribution in [3.05, 3.63) is 34.9 Å². The van der Waals surface area contributed by atoms with Gasteiger partial charge in [0.15, 0.2) is 0 Å². The summed E-state index contributed by atoms with van der Waals surface area (Å²) >= 11 is 0. The lowest BCUT2D eigenvalue weighted by molar-refractivity contribution is -0.137. The molecule has 1 atom stereocenters. The van der Waals surface area contributed by atoms with Gasteiger partial charge in [-0.3, -0.25) is 14.5 Å². The van der Waals surface area contributed by atoms with Crippen molar-refractivity contribution >= 4 is 11.8 Å². The average molecular weight is 372 g/mol. The Morgan fingerprint density at radius 3 is 2.59 bits per heavy atom. The van der Waals surface area contributed by atoms with Crippen molar-refractivity contribution in [3.63, 3.8) is 0 Å². The molecule has 5 nitrogen and oxygen atoms in total. The van der Waals surface area contributed by atoms with Crippen LogP contribution in [0.1, 0.15) is 55.3 Å². The van der Waals surface area contributed by atoms with Gasteiger partial charge in [0.1, 0.15) is 0 Å². The predicted octanol–water partition coefficient (Wildman–Crippen LogP) is 2.82. The average Bonchev–Trinajstić information content (AvgIpc) is 2.62. The number of benzene rings is 1. The van der Waals surface area contributed by atoms with E-state index in [0.717, 1.165) is 38.9 Å². The van der Waals surface area contributed by atoms with E-state index in [1.54, 1.807) is 0 Å². The van der Waals surface area contributed by atoms with Gasteiger partial charge in [-0.1, -0.05) is 23.8 Å². The molecule has 1 N–H and O–H groups in total. The quantitative estimate of drug-likeness (QED) is 0.885. The summed E-state index contributed by atoms with van der Waals surface area (Å²) in [6.45, 7) is 9.43. The van der Waals surface area contributed by atoms with Crippen molar-refractivity contribution in [3.8, 4) is 0 Å². The second-order valence-electron chi connectivity index (χ2n) is 8.68. The third kappa shape index (κ3) is 4.70. The van der Waals surface area contributed by atoms with Crippen LogP contribution in [0, 0.1) is 19.3 Å². The zero-order valence-corrected chi connectivity index (χ0v) is 17.2. The van der Waals surface area contributed by atoms with E-state index in [1.807, 2.05) is 11.9 Å². The topological polar surface area (TPSA) is 52.7 Å². The lowest BCUT2D eigenvalue weighted by Gasteiger charge is -2.46. The molecule has 5 heteroatoms. The highest BCUT2D eigenvalue weighted by Gasteiger charge is 2.40. The van der Waals surface area contributed by atoms with Crippen LogP contribution < -0.4 is 5.32 Å². The molecule has 2 amide bonds. The molecular formula is C22H33N3O2. The van der Waals surface area contributed by atoms with Gasteiger partial charge in [-0.05, 0) is 69.7 Å². The number of piperidine rings is 2. The normalized spacial score (nSPS) is 21.3. The minimum Gasteiger partial charge on any atom is -0.348 e. The zero-order chi connectivity index (χ0) is 19.6. The third-order valence-electron chi connectivity index (χ3n) is 6.43. The van der Waals surface area contributed by atoms with Gasteiger partial charge in [0.25, 0.3) is 0 Å². The number of aryl methyl sites for hydroxylation is 2. The smallest absolute Gasteiger partial charge is 0.234 e. The van der Waals surface area contributed by atoms with Gasteiger partial charge >= 0.3 is 0 Å². The van der Waals surface area contributed by atoms with E-state index in [-0.39, 0.29) is 23.3 Å². The SMILES string of the molecule is Cc1ccc(C)c([C@@H](C)NC(=O)CN2CCC3(CCC(=O)N(C)C3)CC2)c1. The molecule has 2 saturated heterocycles. The fourth-order valence-electron chi connectivity index (χ4n) is 4.62. The molecule has 27 heavy (non-hydrogen) atoms. The van der Waals surface area contributed by atoms with E-state index in [0.29, 0.717) is 13.0 Å². The standard InChI is InChI=1S/C22H33N3O2/c1-16-5-6-17(2)19(13-16)18(3)23-20(26)14-25-11-9-22(10-12-25)8-7-21(27)24(4)15-22/h5-6,13,18H,7-12,14-15H2,1-4H3,(H,23,26)/t18-/m1/s1. The molecule has 1 aromatic rings. The molecule has 0 unspecified atom stereocenters. The first-order valence-corrected chi connectivity index (χ1v) is 10.1. The second-order valence-corrected chi connectivity index (χ2v) is 8.68. The molecule has 0 radical (unpaired) electrons. The van der Waals surface area contributed by atoms with Crippen molar-refractivity contribution < 1.29 is 9.59 Å². The fraction of sp³-hybridized carbons (Fsp3) is 0.636. The largest absolute Gasteiger partial charge is 0.348 e. The van der Waals surface area contributed by atoms with Crippen LogP contribution in [0.15, 0.2) is 18.2 Å². The fourth-order valence-corrected chi connectivity index (χ4v) is 4.62. The maximum atomic E-state index is 12.5. The zero-order valence-electron chi connectivity index (χ0n) is 17.2. The number of amides is 2. The summed E-state index contributed by atoms with van der Waals surface area (Å²) in [5.41, 5.74) is 3.89. The van der Waals surface area contributed by atoms with E-state index in [4.69, 9.17) is 0 Å². The van der Waals surface area contributed by atoms with Crippen LogP contribution in [0.3, 0.4) is 0 Å². The van der Waals surface area contributed by atoms with E-state index >= 15 is 0 Å². The van der Waals surface area contributed by atoms with Crippen molar-refractivity contribution in [2.45, 2.75) is 52.5 Å². The molecule has 2 heterocycles. The number of carbonyl (C=O) groups excluding carboxylic acids is 2. The number of nitrogens with one attached hydrogen (secondary N) is 1. The molecule has 2 aliphatic heterocycles. The predicted molar refractivity (Wildman–Crippen MR) is 107 cm³/mol. The number of hydrogen-bond acceptors (Lipinski definition) is 3. The first kappa shape index (κ1) is 19.9. The molecule has 2 aliphatic rings. The first-order valence-electron chi connectivity index (χ1n) is 10.1. The Bertz CT molecular complexity index is 708.